The van der Waals surface area contributed by atoms with Crippen molar-refractivity contribution in [1.29, 1.82) is 0 Å². The molecule has 6 heteroatoms. The van der Waals surface area contributed by atoms with Crippen LogP contribution in [0.5, 0.6) is 5.75 Å². The van der Waals surface area contributed by atoms with E-state index in [9.17, 15) is 4.79 Å². The van der Waals surface area contributed by atoms with Crippen LogP contribution in [0, 0.1) is 6.92 Å². The standard InChI is InChI=1S/C20H19ClN2O3/c1-15-11-17(21)7-8-18(15)25-14-20(24)26-13-19-22-9-10-23(19)12-16-5-3-2-4-6-16/h2-11H,12-14H2,1H3. The van der Waals surface area contributed by atoms with Gasteiger partial charge in [-0.05, 0) is 36.2 Å². The Balaban J connectivity index is 1.51. The van der Waals surface area contributed by atoms with Gasteiger partial charge in [-0.2, -0.15) is 0 Å². The highest BCUT2D eigenvalue weighted by atomic mass is 35.5. The first-order chi connectivity index (χ1) is 12.6. The van der Waals surface area contributed by atoms with E-state index in [1.54, 1.807) is 24.4 Å². The van der Waals surface area contributed by atoms with E-state index in [2.05, 4.69) is 4.98 Å². The third-order valence-corrected chi connectivity index (χ3v) is 4.08. The molecule has 0 aliphatic heterocycles. The molecule has 26 heavy (non-hydrogen) atoms. The Labute approximate surface area is 157 Å². The van der Waals surface area contributed by atoms with Gasteiger partial charge in [-0.1, -0.05) is 41.9 Å². The van der Waals surface area contributed by atoms with Gasteiger partial charge in [0.1, 0.15) is 18.2 Å². The number of aryl methyl sites for hydroxylation is 1. The molecule has 0 fully saturated rings. The molecule has 5 nitrogen and oxygen atoms in total. The lowest BCUT2D eigenvalue weighted by Gasteiger charge is -2.10. The van der Waals surface area contributed by atoms with E-state index < -0.39 is 5.97 Å². The molecule has 0 aliphatic carbocycles. The highest BCUT2D eigenvalue weighted by Crippen LogP contribution is 2.21. The smallest absolute Gasteiger partial charge is 0.344 e. The van der Waals surface area contributed by atoms with Crippen LogP contribution in [-0.2, 0) is 22.7 Å². The summed E-state index contributed by atoms with van der Waals surface area (Å²) in [5.74, 6) is 0.843. The van der Waals surface area contributed by atoms with Gasteiger partial charge < -0.3 is 14.0 Å². The zero-order valence-corrected chi connectivity index (χ0v) is 15.1. The Bertz CT molecular complexity index is 878. The van der Waals surface area contributed by atoms with Crippen LogP contribution < -0.4 is 4.74 Å². The average Bonchev–Trinajstić information content (AvgIpc) is 3.07. The van der Waals surface area contributed by atoms with E-state index >= 15 is 0 Å². The predicted octanol–water partition coefficient (Wildman–Crippen LogP) is 4.02. The summed E-state index contributed by atoms with van der Waals surface area (Å²) in [5.41, 5.74) is 2.02. The number of ether oxygens (including phenoxy) is 2. The van der Waals surface area contributed by atoms with E-state index in [-0.39, 0.29) is 13.2 Å². The highest BCUT2D eigenvalue weighted by Gasteiger charge is 2.10. The molecule has 0 aliphatic rings. The number of imidazole rings is 1. The quantitative estimate of drug-likeness (QED) is 0.589. The van der Waals surface area contributed by atoms with Crippen LogP contribution in [0.15, 0.2) is 60.9 Å². The second-order valence-electron chi connectivity index (χ2n) is 5.82. The van der Waals surface area contributed by atoms with Crippen molar-refractivity contribution in [1.82, 2.24) is 9.55 Å². The zero-order valence-electron chi connectivity index (χ0n) is 14.4. The number of benzene rings is 2. The van der Waals surface area contributed by atoms with Crippen molar-refractivity contribution in [3.8, 4) is 5.75 Å². The third kappa shape index (κ3) is 4.86. The Morgan fingerprint density at radius 3 is 2.77 bits per heavy atom. The maximum atomic E-state index is 11.9. The molecule has 0 saturated heterocycles. The molecule has 0 atom stereocenters. The van der Waals surface area contributed by atoms with Crippen molar-refractivity contribution in [3.63, 3.8) is 0 Å². The summed E-state index contributed by atoms with van der Waals surface area (Å²) in [6.45, 7) is 2.48. The summed E-state index contributed by atoms with van der Waals surface area (Å²) in [5, 5.41) is 0.627. The van der Waals surface area contributed by atoms with E-state index in [0.717, 1.165) is 11.1 Å². The molecule has 0 unspecified atom stereocenters. The number of hydrogen-bond donors (Lipinski definition) is 0. The van der Waals surface area contributed by atoms with Gasteiger partial charge in [0, 0.05) is 24.0 Å². The zero-order chi connectivity index (χ0) is 18.4. The molecule has 0 radical (unpaired) electrons. The number of hydrogen-bond acceptors (Lipinski definition) is 4. The topological polar surface area (TPSA) is 53.4 Å². The van der Waals surface area contributed by atoms with Crippen molar-refractivity contribution in [2.45, 2.75) is 20.1 Å². The lowest BCUT2D eigenvalue weighted by atomic mass is 10.2. The van der Waals surface area contributed by atoms with Crippen LogP contribution in [0.2, 0.25) is 5.02 Å². The highest BCUT2D eigenvalue weighted by molar-refractivity contribution is 6.30. The molecular formula is C20H19ClN2O3. The average molecular weight is 371 g/mol. The molecule has 1 aromatic heterocycles. The molecule has 0 bridgehead atoms. The van der Waals surface area contributed by atoms with Crippen LogP contribution in [0.1, 0.15) is 17.0 Å². The van der Waals surface area contributed by atoms with Gasteiger partial charge in [0.25, 0.3) is 0 Å². The first-order valence-electron chi connectivity index (χ1n) is 8.20. The van der Waals surface area contributed by atoms with E-state index in [4.69, 9.17) is 21.1 Å². The van der Waals surface area contributed by atoms with Crippen molar-refractivity contribution in [2.24, 2.45) is 0 Å². The van der Waals surface area contributed by atoms with E-state index in [1.807, 2.05) is 48.0 Å². The molecule has 0 spiro atoms. The van der Waals surface area contributed by atoms with Gasteiger partial charge in [-0.3, -0.25) is 0 Å². The fourth-order valence-corrected chi connectivity index (χ4v) is 2.73. The van der Waals surface area contributed by atoms with E-state index in [1.165, 1.54) is 0 Å². The summed E-state index contributed by atoms with van der Waals surface area (Å²) in [6.07, 6.45) is 3.56. The number of carbonyl (C=O) groups excluding carboxylic acids is 1. The van der Waals surface area contributed by atoms with Gasteiger partial charge in [0.15, 0.2) is 6.61 Å². The monoisotopic (exact) mass is 370 g/mol. The minimum atomic E-state index is -0.450. The SMILES string of the molecule is Cc1cc(Cl)ccc1OCC(=O)OCc1nccn1Cc1ccccc1. The van der Waals surface area contributed by atoms with Crippen molar-refractivity contribution in [2.75, 3.05) is 6.61 Å². The minimum Gasteiger partial charge on any atom is -0.482 e. The predicted molar refractivity (Wildman–Crippen MR) is 99.3 cm³/mol. The Morgan fingerprint density at radius 2 is 2.00 bits per heavy atom. The molecule has 0 amide bonds. The Hall–Kier alpha value is -2.79. The Kier molecular flexibility index (Phi) is 5.92. The van der Waals surface area contributed by atoms with Gasteiger partial charge in [0.05, 0.1) is 0 Å². The number of halogens is 1. The number of carbonyl (C=O) groups is 1. The molecule has 0 saturated carbocycles. The molecule has 134 valence electrons. The minimum absolute atomic E-state index is 0.0988. The van der Waals surface area contributed by atoms with Crippen molar-refractivity contribution < 1.29 is 14.3 Å². The summed E-state index contributed by atoms with van der Waals surface area (Å²) in [4.78, 5) is 16.2. The van der Waals surface area contributed by atoms with Crippen LogP contribution in [0.3, 0.4) is 0 Å². The van der Waals surface area contributed by atoms with Crippen LogP contribution in [0.4, 0.5) is 0 Å². The Morgan fingerprint density at radius 1 is 1.19 bits per heavy atom. The second kappa shape index (κ2) is 8.54. The van der Waals surface area contributed by atoms with E-state index in [0.29, 0.717) is 23.1 Å². The fourth-order valence-electron chi connectivity index (χ4n) is 2.50. The lowest BCUT2D eigenvalue weighted by Crippen LogP contribution is -2.16. The summed E-state index contributed by atoms with van der Waals surface area (Å²) in [7, 11) is 0. The van der Waals surface area contributed by atoms with Gasteiger partial charge in [-0.15, -0.1) is 0 Å². The van der Waals surface area contributed by atoms with Gasteiger partial charge in [0.2, 0.25) is 0 Å². The number of esters is 1. The summed E-state index contributed by atoms with van der Waals surface area (Å²) < 4.78 is 12.7. The lowest BCUT2D eigenvalue weighted by molar-refractivity contribution is -0.147. The second-order valence-corrected chi connectivity index (χ2v) is 6.25. The van der Waals surface area contributed by atoms with Crippen LogP contribution in [0.25, 0.3) is 0 Å². The first-order valence-corrected chi connectivity index (χ1v) is 8.58. The molecule has 2 aromatic carbocycles. The van der Waals surface area contributed by atoms with Crippen molar-refractivity contribution in [3.05, 3.63) is 82.9 Å². The largest absolute Gasteiger partial charge is 0.482 e. The van der Waals surface area contributed by atoms with Gasteiger partial charge in [-0.25, -0.2) is 9.78 Å². The fraction of sp³-hybridized carbons (Fsp3) is 0.200. The summed E-state index contributed by atoms with van der Waals surface area (Å²) >= 11 is 5.90. The maximum Gasteiger partial charge on any atom is 0.344 e. The van der Waals surface area contributed by atoms with Crippen LogP contribution in [-0.4, -0.2) is 22.1 Å². The maximum absolute atomic E-state index is 11.9. The number of rotatable bonds is 7. The van der Waals surface area contributed by atoms with Crippen LogP contribution >= 0.6 is 11.6 Å². The number of nitrogens with zero attached hydrogens (tertiary/aromatic N) is 2. The molecule has 3 aromatic rings. The molecule has 0 N–H and O–H groups in total. The third-order valence-electron chi connectivity index (χ3n) is 3.84. The summed E-state index contributed by atoms with van der Waals surface area (Å²) in [6, 6.07) is 15.3. The molecular weight excluding hydrogens is 352 g/mol. The molecule has 3 rings (SSSR count). The van der Waals surface area contributed by atoms with Crippen molar-refractivity contribution >= 4 is 17.6 Å². The molecule has 1 heterocycles. The normalized spacial score (nSPS) is 10.5. The number of aromatic nitrogens is 2. The van der Waals surface area contributed by atoms with Gasteiger partial charge >= 0.3 is 5.97 Å². The first kappa shape index (κ1) is 18.0.